The maximum Gasteiger partial charge on any atom is 0.319 e. The number of hydrogen-bond acceptors (Lipinski definition) is 4. The van der Waals surface area contributed by atoms with Crippen molar-refractivity contribution >= 4 is 28.6 Å². The number of carbonyl (C=O) groups is 1. The third kappa shape index (κ3) is 2.24. The second-order valence-electron chi connectivity index (χ2n) is 8.06. The first-order chi connectivity index (χ1) is 13.1. The van der Waals surface area contributed by atoms with Gasteiger partial charge in [-0.1, -0.05) is 18.6 Å². The smallest absolute Gasteiger partial charge is 0.319 e. The minimum absolute atomic E-state index is 0.0824. The number of nitrogens with one attached hydrogen (secondary N) is 1. The zero-order valence-corrected chi connectivity index (χ0v) is 17.0. The molecule has 1 aliphatic carbocycles. The van der Waals surface area contributed by atoms with Crippen LogP contribution in [0.4, 0.5) is 0 Å². The third-order valence-electron chi connectivity index (χ3n) is 6.85. The van der Waals surface area contributed by atoms with E-state index in [0.717, 1.165) is 43.6 Å². The predicted molar refractivity (Wildman–Crippen MR) is 109 cm³/mol. The Hall–Kier alpha value is -1.72. The van der Waals surface area contributed by atoms with E-state index in [4.69, 9.17) is 4.74 Å². The van der Waals surface area contributed by atoms with Gasteiger partial charge in [-0.3, -0.25) is 9.69 Å². The lowest BCUT2D eigenvalue weighted by atomic mass is 9.60. The fourth-order valence-electron chi connectivity index (χ4n) is 5.86. The van der Waals surface area contributed by atoms with Gasteiger partial charge in [0.05, 0.1) is 13.2 Å². The Balaban J connectivity index is 1.81. The van der Waals surface area contributed by atoms with E-state index in [9.17, 15) is 4.79 Å². The zero-order chi connectivity index (χ0) is 18.8. The molecule has 4 bridgehead atoms. The monoisotopic (exact) mass is 382 g/mol. The lowest BCUT2D eigenvalue weighted by Crippen LogP contribution is -2.63. The molecule has 1 aromatic heterocycles. The second kappa shape index (κ2) is 6.14. The summed E-state index contributed by atoms with van der Waals surface area (Å²) in [6.45, 7) is 4.27. The Bertz CT molecular complexity index is 963. The first-order valence-corrected chi connectivity index (χ1v) is 11.1. The largest absolute Gasteiger partial charge is 0.468 e. The Labute approximate surface area is 164 Å². The SMILES string of the molecule is CCC1=CC2CN3CCc4c([nH]c5ccc(SC)cc45)C(C(=O)OC)(C2)C13. The van der Waals surface area contributed by atoms with Crippen molar-refractivity contribution in [3.8, 4) is 0 Å². The van der Waals surface area contributed by atoms with Gasteiger partial charge < -0.3 is 9.72 Å². The van der Waals surface area contributed by atoms with Gasteiger partial charge >= 0.3 is 5.97 Å². The van der Waals surface area contributed by atoms with E-state index < -0.39 is 5.41 Å². The number of piperidine rings is 1. The number of hydrogen-bond donors (Lipinski definition) is 1. The molecule has 4 nitrogen and oxygen atoms in total. The fourth-order valence-corrected chi connectivity index (χ4v) is 6.30. The molecule has 1 N–H and O–H groups in total. The summed E-state index contributed by atoms with van der Waals surface area (Å²) in [5.74, 6) is 0.337. The van der Waals surface area contributed by atoms with Crippen molar-refractivity contribution in [2.75, 3.05) is 26.5 Å². The molecule has 142 valence electrons. The number of aromatic nitrogens is 1. The molecule has 0 radical (unpaired) electrons. The van der Waals surface area contributed by atoms with E-state index in [1.807, 2.05) is 0 Å². The molecule has 5 heteroatoms. The first-order valence-electron chi connectivity index (χ1n) is 9.84. The summed E-state index contributed by atoms with van der Waals surface area (Å²) in [5, 5.41) is 1.27. The highest BCUT2D eigenvalue weighted by molar-refractivity contribution is 7.98. The molecule has 0 saturated carbocycles. The number of benzene rings is 1. The number of nitrogens with zero attached hydrogens (tertiary/aromatic N) is 1. The topological polar surface area (TPSA) is 45.3 Å². The predicted octanol–water partition coefficient (Wildman–Crippen LogP) is 3.90. The van der Waals surface area contributed by atoms with Crippen LogP contribution in [0.5, 0.6) is 0 Å². The summed E-state index contributed by atoms with van der Waals surface area (Å²) in [7, 11) is 1.54. The molecule has 1 aromatic carbocycles. The van der Waals surface area contributed by atoms with E-state index in [-0.39, 0.29) is 12.0 Å². The lowest BCUT2D eigenvalue weighted by molar-refractivity contribution is -0.153. The molecule has 1 saturated heterocycles. The molecular formula is C22H26N2O2S. The van der Waals surface area contributed by atoms with Crippen LogP contribution < -0.4 is 0 Å². The molecule has 0 amide bonds. The van der Waals surface area contributed by atoms with Crippen LogP contribution in [0.25, 0.3) is 10.9 Å². The Kier molecular flexibility index (Phi) is 3.96. The normalized spacial score (nSPS) is 31.4. The van der Waals surface area contributed by atoms with Crippen LogP contribution in [-0.4, -0.2) is 48.4 Å². The molecule has 4 aliphatic rings. The van der Waals surface area contributed by atoms with Crippen LogP contribution in [-0.2, 0) is 21.4 Å². The second-order valence-corrected chi connectivity index (χ2v) is 8.94. The highest BCUT2D eigenvalue weighted by Crippen LogP contribution is 2.53. The van der Waals surface area contributed by atoms with Crippen LogP contribution >= 0.6 is 11.8 Å². The minimum Gasteiger partial charge on any atom is -0.468 e. The van der Waals surface area contributed by atoms with E-state index in [0.29, 0.717) is 5.92 Å². The summed E-state index contributed by atoms with van der Waals surface area (Å²) < 4.78 is 5.45. The molecule has 4 unspecified atom stereocenters. The van der Waals surface area contributed by atoms with Gasteiger partial charge in [0.1, 0.15) is 5.41 Å². The Morgan fingerprint density at radius 2 is 2.30 bits per heavy atom. The average Bonchev–Trinajstić information content (AvgIpc) is 3.04. The number of ether oxygens (including phenoxy) is 1. The van der Waals surface area contributed by atoms with E-state index in [1.165, 1.54) is 28.5 Å². The molecule has 6 rings (SSSR count). The van der Waals surface area contributed by atoms with Gasteiger partial charge in [0.2, 0.25) is 0 Å². The van der Waals surface area contributed by atoms with Crippen molar-refractivity contribution in [1.82, 2.24) is 9.88 Å². The Morgan fingerprint density at radius 1 is 1.44 bits per heavy atom. The van der Waals surface area contributed by atoms with Crippen molar-refractivity contribution in [2.45, 2.75) is 42.5 Å². The number of carbonyl (C=O) groups excluding carboxylic acids is 1. The minimum atomic E-state index is -0.609. The van der Waals surface area contributed by atoms with E-state index in [2.05, 4.69) is 47.3 Å². The number of esters is 1. The zero-order valence-electron chi connectivity index (χ0n) is 16.2. The van der Waals surface area contributed by atoms with E-state index in [1.54, 1.807) is 11.8 Å². The number of aromatic amines is 1. The highest BCUT2D eigenvalue weighted by Gasteiger charge is 2.60. The van der Waals surface area contributed by atoms with E-state index >= 15 is 0 Å². The van der Waals surface area contributed by atoms with Crippen molar-refractivity contribution in [1.29, 1.82) is 0 Å². The maximum atomic E-state index is 13.4. The third-order valence-corrected chi connectivity index (χ3v) is 7.58. The van der Waals surface area contributed by atoms with Crippen LogP contribution in [0.2, 0.25) is 0 Å². The Morgan fingerprint density at radius 3 is 3.04 bits per heavy atom. The molecule has 2 aromatic rings. The fraction of sp³-hybridized carbons (Fsp3) is 0.500. The molecular weight excluding hydrogens is 356 g/mol. The van der Waals surface area contributed by atoms with Crippen LogP contribution in [0.15, 0.2) is 34.7 Å². The summed E-state index contributed by atoms with van der Waals surface area (Å²) in [4.78, 5) is 20.9. The van der Waals surface area contributed by atoms with Crippen LogP contribution in [0, 0.1) is 5.92 Å². The van der Waals surface area contributed by atoms with Crippen molar-refractivity contribution in [3.63, 3.8) is 0 Å². The summed E-state index contributed by atoms with van der Waals surface area (Å²) in [6, 6.07) is 6.72. The number of rotatable bonds is 3. The molecule has 0 spiro atoms. The molecule has 3 aliphatic heterocycles. The number of H-pyrrole nitrogens is 1. The molecule has 4 atom stereocenters. The number of thioether (sulfide) groups is 1. The summed E-state index contributed by atoms with van der Waals surface area (Å²) in [5.41, 5.74) is 4.36. The lowest BCUT2D eigenvalue weighted by Gasteiger charge is -2.53. The van der Waals surface area contributed by atoms with Crippen molar-refractivity contribution in [2.24, 2.45) is 5.92 Å². The molecule has 27 heavy (non-hydrogen) atoms. The van der Waals surface area contributed by atoms with Gasteiger partial charge in [0.25, 0.3) is 0 Å². The van der Waals surface area contributed by atoms with Crippen molar-refractivity contribution in [3.05, 3.63) is 41.1 Å². The number of fused-ring (bicyclic) bond motifs is 3. The van der Waals surface area contributed by atoms with Gasteiger partial charge in [-0.05, 0) is 55.2 Å². The highest BCUT2D eigenvalue weighted by atomic mass is 32.2. The molecule has 4 heterocycles. The van der Waals surface area contributed by atoms with Crippen LogP contribution in [0.1, 0.15) is 31.0 Å². The van der Waals surface area contributed by atoms with Crippen LogP contribution in [0.3, 0.4) is 0 Å². The van der Waals surface area contributed by atoms with Gasteiger partial charge in [-0.2, -0.15) is 0 Å². The van der Waals surface area contributed by atoms with Crippen molar-refractivity contribution < 1.29 is 9.53 Å². The number of methoxy groups -OCH3 is 1. The first kappa shape index (κ1) is 17.4. The quantitative estimate of drug-likeness (QED) is 0.497. The van der Waals surface area contributed by atoms with Gasteiger partial charge in [0, 0.05) is 34.6 Å². The van der Waals surface area contributed by atoms with Gasteiger partial charge in [0.15, 0.2) is 0 Å². The maximum absolute atomic E-state index is 13.4. The summed E-state index contributed by atoms with van der Waals surface area (Å²) >= 11 is 1.76. The standard InChI is InChI=1S/C22H26N2O2S/c1-4-14-9-13-11-22(21(25)26-2)19-16(7-8-24(12-13)20(14)22)17-10-15(27-3)5-6-18(17)23-19/h5-6,9-10,13,20,23H,4,7-8,11-12H2,1-3H3. The summed E-state index contributed by atoms with van der Waals surface area (Å²) in [6.07, 6.45) is 7.36. The average molecular weight is 383 g/mol. The molecule has 1 fully saturated rings. The van der Waals surface area contributed by atoms with Gasteiger partial charge in [-0.25, -0.2) is 0 Å². The van der Waals surface area contributed by atoms with Gasteiger partial charge in [-0.15, -0.1) is 11.8 Å².